The molecule has 1 fully saturated rings. The maximum absolute atomic E-state index is 13.0. The van der Waals surface area contributed by atoms with Crippen LogP contribution in [0.5, 0.6) is 5.75 Å². The Morgan fingerprint density at radius 1 is 1.12 bits per heavy atom. The van der Waals surface area contributed by atoms with Crippen LogP contribution in [-0.4, -0.2) is 64.9 Å². The molecule has 2 aliphatic rings. The molecular weight excluding hydrogens is 413 g/mol. The first kappa shape index (κ1) is 22.0. The van der Waals surface area contributed by atoms with Crippen LogP contribution in [0.2, 0.25) is 0 Å². The number of nitrogens with one attached hydrogen (secondary N) is 1. The summed E-state index contributed by atoms with van der Waals surface area (Å²) in [6.07, 6.45) is 2.35. The van der Waals surface area contributed by atoms with E-state index in [1.54, 1.807) is 11.8 Å². The average Bonchev–Trinajstić information content (AvgIpc) is 2.82. The van der Waals surface area contributed by atoms with E-state index in [0.717, 1.165) is 48.8 Å². The van der Waals surface area contributed by atoms with Crippen LogP contribution in [0.3, 0.4) is 0 Å². The molecule has 0 atom stereocenters. The quantitative estimate of drug-likeness (QED) is 0.767. The molecule has 0 bridgehead atoms. The van der Waals surface area contributed by atoms with E-state index < -0.39 is 0 Å². The number of rotatable bonds is 5. The molecule has 0 radical (unpaired) electrons. The lowest BCUT2D eigenvalue weighted by atomic mass is 9.95. The molecular formula is C23H28FN5O3. The normalized spacial score (nSPS) is 16.5. The van der Waals surface area contributed by atoms with Crippen LogP contribution < -0.4 is 10.1 Å². The monoisotopic (exact) mass is 441 g/mol. The molecule has 0 spiro atoms. The molecule has 1 N–H and O–H groups in total. The molecule has 2 aliphatic heterocycles. The van der Waals surface area contributed by atoms with E-state index in [2.05, 4.69) is 5.32 Å². The van der Waals surface area contributed by atoms with Crippen molar-refractivity contribution in [1.82, 2.24) is 19.8 Å². The number of likely N-dealkylation sites (tertiary alicyclic amines) is 1. The summed E-state index contributed by atoms with van der Waals surface area (Å²) in [5.74, 6) is 1.87. The number of piperidine rings is 1. The molecule has 4 rings (SSSR count). The van der Waals surface area contributed by atoms with E-state index in [1.165, 1.54) is 24.3 Å². The fourth-order valence-corrected chi connectivity index (χ4v) is 4.26. The van der Waals surface area contributed by atoms with Crippen molar-refractivity contribution in [2.45, 2.75) is 38.6 Å². The van der Waals surface area contributed by atoms with Crippen molar-refractivity contribution in [2.75, 3.05) is 38.6 Å². The van der Waals surface area contributed by atoms with Crippen LogP contribution in [0.1, 0.15) is 42.8 Å². The Balaban J connectivity index is 1.42. The molecule has 2 amide bonds. The van der Waals surface area contributed by atoms with E-state index in [4.69, 9.17) is 14.7 Å². The topological polar surface area (TPSA) is 87.7 Å². The van der Waals surface area contributed by atoms with Gasteiger partial charge in [0.2, 0.25) is 5.91 Å². The van der Waals surface area contributed by atoms with Gasteiger partial charge in [-0.1, -0.05) is 0 Å². The third kappa shape index (κ3) is 4.81. The van der Waals surface area contributed by atoms with Crippen molar-refractivity contribution in [3.63, 3.8) is 0 Å². The van der Waals surface area contributed by atoms with Gasteiger partial charge in [-0.25, -0.2) is 14.4 Å². The number of anilines is 1. The van der Waals surface area contributed by atoms with Crippen LogP contribution in [0, 0.1) is 5.82 Å². The summed E-state index contributed by atoms with van der Waals surface area (Å²) in [6, 6.07) is 5.61. The molecule has 170 valence electrons. The third-order valence-corrected chi connectivity index (χ3v) is 6.15. The summed E-state index contributed by atoms with van der Waals surface area (Å²) in [5, 5.41) is 3.16. The van der Waals surface area contributed by atoms with E-state index in [9.17, 15) is 14.0 Å². The zero-order chi connectivity index (χ0) is 22.7. The van der Waals surface area contributed by atoms with Crippen molar-refractivity contribution in [1.29, 1.82) is 0 Å². The number of carbonyl (C=O) groups is 2. The molecule has 1 saturated heterocycles. The second-order valence-electron chi connectivity index (χ2n) is 8.19. The molecule has 0 unspecified atom stereocenters. The first-order valence-corrected chi connectivity index (χ1v) is 10.9. The van der Waals surface area contributed by atoms with Gasteiger partial charge in [0.15, 0.2) is 6.61 Å². The largest absolute Gasteiger partial charge is 0.484 e. The second kappa shape index (κ2) is 9.50. The Labute approximate surface area is 186 Å². The lowest BCUT2D eigenvalue weighted by Crippen LogP contribution is -2.40. The molecule has 32 heavy (non-hydrogen) atoms. The van der Waals surface area contributed by atoms with Gasteiger partial charge in [0.05, 0.1) is 12.2 Å². The van der Waals surface area contributed by atoms with Crippen molar-refractivity contribution < 1.29 is 18.7 Å². The van der Waals surface area contributed by atoms with E-state index in [-0.39, 0.29) is 30.2 Å². The van der Waals surface area contributed by atoms with Crippen molar-refractivity contribution in [3.8, 4) is 5.75 Å². The van der Waals surface area contributed by atoms with Crippen LogP contribution in [0.25, 0.3) is 0 Å². The summed E-state index contributed by atoms with van der Waals surface area (Å²) in [4.78, 5) is 37.5. The van der Waals surface area contributed by atoms with Crippen LogP contribution in [-0.2, 0) is 22.6 Å². The number of benzene rings is 1. The minimum absolute atomic E-state index is 0.108. The number of carbonyl (C=O) groups excluding carboxylic acids is 2. The van der Waals surface area contributed by atoms with E-state index >= 15 is 0 Å². The van der Waals surface area contributed by atoms with Crippen molar-refractivity contribution in [3.05, 3.63) is 47.2 Å². The Morgan fingerprint density at radius 3 is 2.50 bits per heavy atom. The summed E-state index contributed by atoms with van der Waals surface area (Å²) >= 11 is 0. The number of amides is 2. The Bertz CT molecular complexity index is 973. The number of aromatic nitrogens is 2. The minimum atomic E-state index is -0.348. The lowest BCUT2D eigenvalue weighted by molar-refractivity contribution is -0.134. The van der Waals surface area contributed by atoms with Gasteiger partial charge in [0, 0.05) is 51.5 Å². The molecule has 0 aliphatic carbocycles. The zero-order valence-corrected chi connectivity index (χ0v) is 18.4. The summed E-state index contributed by atoms with van der Waals surface area (Å²) < 4.78 is 18.5. The van der Waals surface area contributed by atoms with Crippen LogP contribution in [0.4, 0.5) is 10.2 Å². The van der Waals surface area contributed by atoms with Crippen LogP contribution >= 0.6 is 0 Å². The third-order valence-electron chi connectivity index (χ3n) is 6.15. The summed E-state index contributed by atoms with van der Waals surface area (Å²) in [7, 11) is 1.82. The fourth-order valence-electron chi connectivity index (χ4n) is 4.26. The Kier molecular flexibility index (Phi) is 6.53. The zero-order valence-electron chi connectivity index (χ0n) is 18.4. The average molecular weight is 442 g/mol. The first-order chi connectivity index (χ1) is 15.4. The molecule has 3 heterocycles. The van der Waals surface area contributed by atoms with Gasteiger partial charge in [-0.15, -0.1) is 0 Å². The van der Waals surface area contributed by atoms with Crippen molar-refractivity contribution >= 4 is 17.6 Å². The van der Waals surface area contributed by atoms with E-state index in [1.807, 2.05) is 11.9 Å². The number of hydrogen-bond donors (Lipinski definition) is 1. The summed E-state index contributed by atoms with van der Waals surface area (Å²) in [6.45, 7) is 3.93. The molecule has 0 saturated carbocycles. The smallest absolute Gasteiger partial charge is 0.260 e. The molecule has 1 aromatic carbocycles. The number of hydrogen-bond acceptors (Lipinski definition) is 6. The molecule has 8 nitrogen and oxygen atoms in total. The predicted molar refractivity (Wildman–Crippen MR) is 117 cm³/mol. The molecule has 9 heteroatoms. The predicted octanol–water partition coefficient (Wildman–Crippen LogP) is 2.35. The Hall–Kier alpha value is -3.23. The number of ether oxygens (including phenoxy) is 1. The van der Waals surface area contributed by atoms with Gasteiger partial charge in [0.1, 0.15) is 23.2 Å². The molecule has 2 aromatic rings. The van der Waals surface area contributed by atoms with Gasteiger partial charge < -0.3 is 19.9 Å². The Morgan fingerprint density at radius 2 is 1.84 bits per heavy atom. The second-order valence-corrected chi connectivity index (χ2v) is 8.19. The van der Waals surface area contributed by atoms with Gasteiger partial charge in [-0.2, -0.15) is 0 Å². The standard InChI is InChI=1S/C23H28FN5O3/c1-15(30)28-10-7-16(8-11-28)22-26-20-9-12-29(13-19(20)23(25-2)27-22)21(31)14-32-18-5-3-17(24)4-6-18/h3-6,16H,7-14H2,1-2H3,(H,25,26,27). The van der Waals surface area contributed by atoms with Crippen LogP contribution in [0.15, 0.2) is 24.3 Å². The van der Waals surface area contributed by atoms with Gasteiger partial charge in [0.25, 0.3) is 5.91 Å². The SMILES string of the molecule is CNc1nc(C2CCN(C(C)=O)CC2)nc2c1CN(C(=O)COc1ccc(F)cc1)CC2. The highest BCUT2D eigenvalue weighted by molar-refractivity contribution is 5.78. The number of fused-ring (bicyclic) bond motifs is 1. The van der Waals surface area contributed by atoms with Gasteiger partial charge >= 0.3 is 0 Å². The van der Waals surface area contributed by atoms with Gasteiger partial charge in [-0.05, 0) is 37.1 Å². The highest BCUT2D eigenvalue weighted by Gasteiger charge is 2.29. The van der Waals surface area contributed by atoms with E-state index in [0.29, 0.717) is 25.3 Å². The maximum atomic E-state index is 13.0. The highest BCUT2D eigenvalue weighted by Crippen LogP contribution is 2.30. The summed E-state index contributed by atoms with van der Waals surface area (Å²) in [5.41, 5.74) is 1.90. The number of nitrogens with zero attached hydrogens (tertiary/aromatic N) is 4. The molecule has 1 aromatic heterocycles. The fraction of sp³-hybridized carbons (Fsp3) is 0.478. The lowest BCUT2D eigenvalue weighted by Gasteiger charge is -2.32. The van der Waals surface area contributed by atoms with Crippen molar-refractivity contribution in [2.24, 2.45) is 0 Å². The highest BCUT2D eigenvalue weighted by atomic mass is 19.1. The minimum Gasteiger partial charge on any atom is -0.484 e. The number of halogens is 1. The van der Waals surface area contributed by atoms with Gasteiger partial charge in [-0.3, -0.25) is 9.59 Å². The first-order valence-electron chi connectivity index (χ1n) is 10.9. The maximum Gasteiger partial charge on any atom is 0.260 e.